The lowest BCUT2D eigenvalue weighted by Gasteiger charge is -2.13. The summed E-state index contributed by atoms with van der Waals surface area (Å²) in [6.07, 6.45) is 1.44. The molecule has 0 aliphatic carbocycles. The molecule has 3 aromatic heterocycles. The lowest BCUT2D eigenvalue weighted by Crippen LogP contribution is -2.29. The number of hydrogen-bond acceptors (Lipinski definition) is 5. The van der Waals surface area contributed by atoms with E-state index in [2.05, 4.69) is 22.7 Å². The van der Waals surface area contributed by atoms with E-state index in [-0.39, 0.29) is 23.5 Å². The number of hydrogen-bond donors (Lipinski definition) is 2. The molecule has 7 nitrogen and oxygen atoms in total. The van der Waals surface area contributed by atoms with Crippen LogP contribution >= 0.6 is 11.3 Å². The number of furan rings is 1. The Labute approximate surface area is 161 Å². The molecule has 27 heavy (non-hydrogen) atoms. The third kappa shape index (κ3) is 4.85. The maximum atomic E-state index is 12.3. The lowest BCUT2D eigenvalue weighted by atomic mass is 10.2. The van der Waals surface area contributed by atoms with Gasteiger partial charge in [-0.1, -0.05) is 6.92 Å². The number of carbonyl (C=O) groups is 2. The molecule has 0 bridgehead atoms. The highest BCUT2D eigenvalue weighted by Gasteiger charge is 2.14. The molecule has 0 aliphatic rings. The van der Waals surface area contributed by atoms with Crippen LogP contribution in [-0.2, 0) is 6.54 Å². The Balaban J connectivity index is 1.50. The van der Waals surface area contributed by atoms with E-state index in [0.29, 0.717) is 16.4 Å². The van der Waals surface area contributed by atoms with Crippen molar-refractivity contribution >= 4 is 28.2 Å². The molecule has 0 spiro atoms. The van der Waals surface area contributed by atoms with Crippen LogP contribution in [0.25, 0.3) is 0 Å². The number of rotatable bonds is 7. The lowest BCUT2D eigenvalue weighted by molar-refractivity contribution is 0.0949. The van der Waals surface area contributed by atoms with E-state index >= 15 is 0 Å². The molecule has 3 rings (SSSR count). The minimum absolute atomic E-state index is 0.154. The second kappa shape index (κ2) is 8.22. The minimum Gasteiger partial charge on any atom is -0.459 e. The molecule has 3 heterocycles. The third-order valence-electron chi connectivity index (χ3n) is 4.01. The fourth-order valence-corrected chi connectivity index (χ4v) is 3.50. The summed E-state index contributed by atoms with van der Waals surface area (Å²) in [5, 5.41) is 10.7. The highest BCUT2D eigenvalue weighted by atomic mass is 32.1. The van der Waals surface area contributed by atoms with Crippen LogP contribution in [0.3, 0.4) is 0 Å². The van der Waals surface area contributed by atoms with E-state index in [0.717, 1.165) is 17.9 Å². The molecule has 0 saturated heterocycles. The van der Waals surface area contributed by atoms with Crippen molar-refractivity contribution in [3.8, 4) is 0 Å². The van der Waals surface area contributed by atoms with Gasteiger partial charge in [0.15, 0.2) is 5.76 Å². The average Bonchev–Trinajstić information content (AvgIpc) is 3.35. The summed E-state index contributed by atoms with van der Waals surface area (Å²) in [7, 11) is 0. The molecule has 2 amide bonds. The number of aromatic nitrogens is 2. The van der Waals surface area contributed by atoms with Gasteiger partial charge in [0.05, 0.1) is 21.8 Å². The van der Waals surface area contributed by atoms with Crippen LogP contribution < -0.4 is 10.6 Å². The van der Waals surface area contributed by atoms with Crippen LogP contribution in [0.15, 0.2) is 41.0 Å². The van der Waals surface area contributed by atoms with E-state index < -0.39 is 0 Å². The summed E-state index contributed by atoms with van der Waals surface area (Å²) in [4.78, 5) is 24.9. The van der Waals surface area contributed by atoms with Gasteiger partial charge in [-0.05, 0) is 50.1 Å². The van der Waals surface area contributed by atoms with Crippen molar-refractivity contribution in [3.05, 3.63) is 58.6 Å². The molecular weight excluding hydrogens is 364 g/mol. The van der Waals surface area contributed by atoms with Crippen molar-refractivity contribution in [1.29, 1.82) is 0 Å². The van der Waals surface area contributed by atoms with Gasteiger partial charge in [-0.2, -0.15) is 5.10 Å². The second-order valence-electron chi connectivity index (χ2n) is 6.52. The van der Waals surface area contributed by atoms with E-state index in [1.807, 2.05) is 24.6 Å². The molecule has 0 fully saturated rings. The number of nitrogens with zero attached hydrogens (tertiary/aromatic N) is 2. The number of anilines is 1. The van der Waals surface area contributed by atoms with Gasteiger partial charge >= 0.3 is 0 Å². The Hall–Kier alpha value is -2.87. The number of carbonyl (C=O) groups excluding carboxylic acids is 2. The first-order valence-corrected chi connectivity index (χ1v) is 9.48. The predicted molar refractivity (Wildman–Crippen MR) is 104 cm³/mol. The minimum atomic E-state index is -0.340. The fourth-order valence-electron chi connectivity index (χ4n) is 2.68. The molecule has 0 saturated carbocycles. The Morgan fingerprint density at radius 2 is 2.07 bits per heavy atom. The maximum Gasteiger partial charge on any atom is 0.291 e. The standard InChI is InChI=1S/C19H22N4O3S/c1-12(11-23-14(3)9-13(2)22-23)10-20-19(25)16-6-7-17(27-16)21-18(24)15-5-4-8-26-15/h4-9,12H,10-11H2,1-3H3,(H,20,25)(H,21,24)/t12-/m1/s1. The highest BCUT2D eigenvalue weighted by Crippen LogP contribution is 2.22. The van der Waals surface area contributed by atoms with Crippen LogP contribution in [0.2, 0.25) is 0 Å². The van der Waals surface area contributed by atoms with Crippen molar-refractivity contribution < 1.29 is 14.0 Å². The molecule has 0 unspecified atom stereocenters. The Kier molecular flexibility index (Phi) is 5.75. The molecule has 0 radical (unpaired) electrons. The average molecular weight is 386 g/mol. The van der Waals surface area contributed by atoms with Gasteiger partial charge in [-0.15, -0.1) is 11.3 Å². The van der Waals surface area contributed by atoms with Crippen LogP contribution in [0.1, 0.15) is 38.5 Å². The SMILES string of the molecule is Cc1cc(C)n(C[C@H](C)CNC(=O)c2ccc(NC(=O)c3ccco3)s2)n1. The van der Waals surface area contributed by atoms with Crippen LogP contribution in [0, 0.1) is 19.8 Å². The van der Waals surface area contributed by atoms with Crippen molar-refractivity contribution in [2.45, 2.75) is 27.3 Å². The van der Waals surface area contributed by atoms with Crippen molar-refractivity contribution in [2.75, 3.05) is 11.9 Å². The summed E-state index contributed by atoms with van der Waals surface area (Å²) in [5.74, 6) is -0.0246. The van der Waals surface area contributed by atoms with Crippen LogP contribution in [0.5, 0.6) is 0 Å². The zero-order chi connectivity index (χ0) is 19.4. The molecule has 3 aromatic rings. The molecule has 1 atom stereocenters. The van der Waals surface area contributed by atoms with Gasteiger partial charge in [0.2, 0.25) is 0 Å². The summed E-state index contributed by atoms with van der Waals surface area (Å²) < 4.78 is 7.01. The monoisotopic (exact) mass is 386 g/mol. The fraction of sp³-hybridized carbons (Fsp3) is 0.316. The first-order valence-electron chi connectivity index (χ1n) is 8.66. The summed E-state index contributed by atoms with van der Waals surface area (Å²) in [6, 6.07) is 8.68. The molecule has 0 aliphatic heterocycles. The molecule has 142 valence electrons. The number of thiophene rings is 1. The number of amides is 2. The molecule has 2 N–H and O–H groups in total. The zero-order valence-electron chi connectivity index (χ0n) is 15.5. The Morgan fingerprint density at radius 1 is 1.26 bits per heavy atom. The first-order chi connectivity index (χ1) is 12.9. The van der Waals surface area contributed by atoms with Crippen LogP contribution in [-0.4, -0.2) is 28.1 Å². The first kappa shape index (κ1) is 18.9. The summed E-state index contributed by atoms with van der Waals surface area (Å²) in [5.41, 5.74) is 2.10. The topological polar surface area (TPSA) is 89.2 Å². The van der Waals surface area contributed by atoms with E-state index in [1.54, 1.807) is 24.3 Å². The van der Waals surface area contributed by atoms with Gasteiger partial charge in [0, 0.05) is 18.8 Å². The second-order valence-corrected chi connectivity index (χ2v) is 7.60. The van der Waals surface area contributed by atoms with E-state index in [9.17, 15) is 9.59 Å². The zero-order valence-corrected chi connectivity index (χ0v) is 16.3. The quantitative estimate of drug-likeness (QED) is 0.651. The van der Waals surface area contributed by atoms with E-state index in [1.165, 1.54) is 17.6 Å². The number of nitrogens with one attached hydrogen (secondary N) is 2. The summed E-state index contributed by atoms with van der Waals surface area (Å²) in [6.45, 7) is 7.35. The predicted octanol–water partition coefficient (Wildman–Crippen LogP) is 3.47. The largest absolute Gasteiger partial charge is 0.459 e. The normalized spacial score (nSPS) is 12.0. The van der Waals surface area contributed by atoms with Crippen LogP contribution in [0.4, 0.5) is 5.00 Å². The number of aryl methyl sites for hydroxylation is 2. The van der Waals surface area contributed by atoms with Crippen molar-refractivity contribution in [2.24, 2.45) is 5.92 Å². The molecule has 8 heteroatoms. The molecule has 0 aromatic carbocycles. The van der Waals surface area contributed by atoms with E-state index in [4.69, 9.17) is 4.42 Å². The maximum absolute atomic E-state index is 12.3. The Bertz CT molecular complexity index is 927. The molecular formula is C19H22N4O3S. The summed E-state index contributed by atoms with van der Waals surface area (Å²) >= 11 is 1.22. The van der Waals surface area contributed by atoms with Gasteiger partial charge in [-0.3, -0.25) is 14.3 Å². The van der Waals surface area contributed by atoms with Gasteiger partial charge in [0.25, 0.3) is 11.8 Å². The van der Waals surface area contributed by atoms with Gasteiger partial charge in [0.1, 0.15) is 0 Å². The smallest absolute Gasteiger partial charge is 0.291 e. The highest BCUT2D eigenvalue weighted by molar-refractivity contribution is 7.18. The van der Waals surface area contributed by atoms with Gasteiger partial charge < -0.3 is 15.1 Å². The van der Waals surface area contributed by atoms with Gasteiger partial charge in [-0.25, -0.2) is 0 Å². The Morgan fingerprint density at radius 3 is 2.74 bits per heavy atom. The third-order valence-corrected chi connectivity index (χ3v) is 5.01. The van der Waals surface area contributed by atoms with Crippen molar-refractivity contribution in [3.63, 3.8) is 0 Å². The van der Waals surface area contributed by atoms with Crippen molar-refractivity contribution in [1.82, 2.24) is 15.1 Å².